The highest BCUT2D eigenvalue weighted by Gasteiger charge is 2.15. The third kappa shape index (κ3) is 50.3. The van der Waals surface area contributed by atoms with Crippen molar-refractivity contribution in [2.45, 2.75) is 109 Å². The molecule has 1 N–H and O–H groups in total. The second-order valence-electron chi connectivity index (χ2n) is 16.1. The van der Waals surface area contributed by atoms with Crippen molar-refractivity contribution in [3.05, 3.63) is 48.0 Å². The Bertz CT molecular complexity index is 1160. The molecule has 1 aromatic rings. The van der Waals surface area contributed by atoms with E-state index in [1.807, 2.05) is 18.2 Å². The van der Waals surface area contributed by atoms with Gasteiger partial charge in [-0.05, 0) is 37.7 Å². The summed E-state index contributed by atoms with van der Waals surface area (Å²) in [6, 6.07) is 10.2. The summed E-state index contributed by atoms with van der Waals surface area (Å²) in [7, 11) is 1.58. The molecule has 16 heteroatoms. The first-order valence-corrected chi connectivity index (χ1v) is 25.8. The first-order chi connectivity index (χ1) is 33.8. The van der Waals surface area contributed by atoms with Crippen molar-refractivity contribution in [3.63, 3.8) is 0 Å². The normalized spacial score (nSPS) is 12.1. The molecule has 0 heterocycles. The number of benzene rings is 1. The number of hydrogen-bond acceptors (Lipinski definition) is 16. The molecule has 0 aliphatic carbocycles. The monoisotopic (exact) mass is 974 g/mol. The van der Waals surface area contributed by atoms with E-state index >= 15 is 0 Å². The molecule has 398 valence electrons. The molecule has 1 rings (SSSR count). The summed E-state index contributed by atoms with van der Waals surface area (Å²) in [6.45, 7) is 14.8. The lowest BCUT2D eigenvalue weighted by Gasteiger charge is -2.19. The fraction of sp³-hybridized carbons (Fsp3) is 0.827. The summed E-state index contributed by atoms with van der Waals surface area (Å²) in [5, 5.41) is 3.41. The number of nitrogens with one attached hydrogen (secondary N) is 1. The van der Waals surface area contributed by atoms with Gasteiger partial charge in [0, 0.05) is 26.6 Å². The van der Waals surface area contributed by atoms with Gasteiger partial charge >= 0.3 is 5.97 Å². The van der Waals surface area contributed by atoms with Crippen LogP contribution in [0.25, 0.3) is 0 Å². The van der Waals surface area contributed by atoms with E-state index in [2.05, 4.69) is 36.5 Å². The predicted molar refractivity (Wildman–Crippen MR) is 264 cm³/mol. The highest BCUT2D eigenvalue weighted by Crippen LogP contribution is 2.11. The molecule has 0 saturated carbocycles. The van der Waals surface area contributed by atoms with E-state index < -0.39 is 0 Å². The van der Waals surface area contributed by atoms with Crippen molar-refractivity contribution >= 4 is 5.97 Å². The van der Waals surface area contributed by atoms with Crippen LogP contribution in [0.3, 0.4) is 0 Å². The minimum Gasteiger partial charge on any atom is -0.459 e. The second-order valence-corrected chi connectivity index (χ2v) is 16.1. The lowest BCUT2D eigenvalue weighted by atomic mass is 10.1. The number of carbonyl (C=O) groups is 1. The average molecular weight is 974 g/mol. The average Bonchev–Trinajstić information content (AvgIpc) is 3.35. The molecule has 0 saturated heterocycles. The Hall–Kier alpha value is -2.13. The van der Waals surface area contributed by atoms with Crippen molar-refractivity contribution in [2.75, 3.05) is 172 Å². The van der Waals surface area contributed by atoms with E-state index in [1.54, 1.807) is 7.11 Å². The quantitative estimate of drug-likeness (QED) is 0.0295. The summed E-state index contributed by atoms with van der Waals surface area (Å²) >= 11 is 0. The summed E-state index contributed by atoms with van der Waals surface area (Å²) in [6.07, 6.45) is 20.7. The van der Waals surface area contributed by atoms with Gasteiger partial charge in [-0.25, -0.2) is 0 Å². The molecule has 0 bridgehead atoms. The fourth-order valence-electron chi connectivity index (χ4n) is 6.37. The van der Waals surface area contributed by atoms with Gasteiger partial charge in [0.25, 0.3) is 0 Å². The smallest absolute Gasteiger partial charge is 0.306 e. The first kappa shape index (κ1) is 63.9. The molecule has 1 unspecified atom stereocenters. The molecule has 68 heavy (non-hydrogen) atoms. The van der Waals surface area contributed by atoms with Gasteiger partial charge < -0.3 is 71.6 Å². The van der Waals surface area contributed by atoms with Gasteiger partial charge in [-0.1, -0.05) is 101 Å². The molecular weight excluding hydrogens is 879 g/mol. The molecule has 1 atom stereocenters. The molecule has 0 amide bonds. The Labute approximate surface area is 411 Å². The van der Waals surface area contributed by atoms with Gasteiger partial charge in [0.15, 0.2) is 0 Å². The predicted octanol–water partition coefficient (Wildman–Crippen LogP) is 7.53. The summed E-state index contributed by atoms with van der Waals surface area (Å²) in [5.41, 5.74) is 1.18. The SMILES string of the molecule is CCCCCCCC/C=C\CCCCCCCC(=O)OC(CNCc1ccccc1)COCCOCCOCCOCCOCCOCCOCCOCCOCCOCCOCCOCOC. The zero-order valence-corrected chi connectivity index (χ0v) is 42.5. The molecule has 0 radical (unpaired) electrons. The number of ether oxygens (including phenoxy) is 14. The third-order valence-electron chi connectivity index (χ3n) is 10.1. The van der Waals surface area contributed by atoms with Crippen LogP contribution in [-0.2, 0) is 77.7 Å². The van der Waals surface area contributed by atoms with E-state index in [9.17, 15) is 4.79 Å². The summed E-state index contributed by atoms with van der Waals surface area (Å²) in [4.78, 5) is 12.7. The van der Waals surface area contributed by atoms with Gasteiger partial charge in [-0.3, -0.25) is 4.79 Å². The molecule has 1 aromatic carbocycles. The van der Waals surface area contributed by atoms with Crippen molar-refractivity contribution in [1.29, 1.82) is 0 Å². The zero-order chi connectivity index (χ0) is 48.6. The summed E-state index contributed by atoms with van der Waals surface area (Å²) < 4.78 is 76.8. The maximum absolute atomic E-state index is 12.7. The van der Waals surface area contributed by atoms with Crippen molar-refractivity contribution in [1.82, 2.24) is 5.32 Å². The molecule has 0 aromatic heterocycles. The highest BCUT2D eigenvalue weighted by molar-refractivity contribution is 5.69. The van der Waals surface area contributed by atoms with Crippen molar-refractivity contribution < 1.29 is 71.1 Å². The number of rotatable bonds is 57. The van der Waals surface area contributed by atoms with Gasteiger partial charge in [-0.15, -0.1) is 0 Å². The number of carbonyl (C=O) groups excluding carboxylic acids is 1. The van der Waals surface area contributed by atoms with Crippen LogP contribution >= 0.6 is 0 Å². The standard InChI is InChI=1S/C52H95NO15/c1-3-4-5-6-7-8-9-10-11-12-13-14-15-16-20-23-52(54)68-51(47-53-46-50-21-18-17-19-22-50)48-66-44-42-64-40-38-62-36-34-60-32-30-58-28-26-56-24-25-57-27-29-59-31-33-61-35-37-63-39-41-65-43-45-67-49-55-2/h10-11,17-19,21-22,51,53H,3-9,12-16,20,23-49H2,1-2H3/b11-10-. The van der Waals surface area contributed by atoms with Crippen LogP contribution in [0.1, 0.15) is 102 Å². The van der Waals surface area contributed by atoms with Crippen molar-refractivity contribution in [2.24, 2.45) is 0 Å². The van der Waals surface area contributed by atoms with E-state index in [-0.39, 0.29) is 18.9 Å². The van der Waals surface area contributed by atoms with Crippen LogP contribution in [0.5, 0.6) is 0 Å². The Morgan fingerprint density at radius 3 is 1.25 bits per heavy atom. The van der Waals surface area contributed by atoms with Gasteiger partial charge in [0.1, 0.15) is 12.9 Å². The van der Waals surface area contributed by atoms with Gasteiger partial charge in [-0.2, -0.15) is 0 Å². The van der Waals surface area contributed by atoms with Crippen LogP contribution in [0, 0.1) is 0 Å². The maximum atomic E-state index is 12.7. The van der Waals surface area contributed by atoms with E-state index in [4.69, 9.17) is 66.3 Å². The first-order valence-electron chi connectivity index (χ1n) is 25.8. The number of methoxy groups -OCH3 is 1. The number of hydrogen-bond donors (Lipinski definition) is 1. The van der Waals surface area contributed by atoms with E-state index in [0.717, 1.165) is 25.7 Å². The Morgan fingerprint density at radius 2 is 0.838 bits per heavy atom. The van der Waals surface area contributed by atoms with Crippen LogP contribution in [0.2, 0.25) is 0 Å². The molecule has 16 nitrogen and oxygen atoms in total. The number of unbranched alkanes of at least 4 members (excludes halogenated alkanes) is 11. The molecule has 0 fully saturated rings. The third-order valence-corrected chi connectivity index (χ3v) is 10.1. The Balaban J connectivity index is 1.90. The summed E-state index contributed by atoms with van der Waals surface area (Å²) in [5.74, 6) is -0.165. The molecule has 0 aliphatic heterocycles. The van der Waals surface area contributed by atoms with Gasteiger partial charge in [0.05, 0.1) is 152 Å². The van der Waals surface area contributed by atoms with Gasteiger partial charge in [0.2, 0.25) is 0 Å². The van der Waals surface area contributed by atoms with E-state index in [1.165, 1.54) is 63.4 Å². The lowest BCUT2D eigenvalue weighted by molar-refractivity contribution is -0.152. The zero-order valence-electron chi connectivity index (χ0n) is 42.5. The fourth-order valence-corrected chi connectivity index (χ4v) is 6.37. The van der Waals surface area contributed by atoms with E-state index in [0.29, 0.717) is 171 Å². The molecule has 0 aliphatic rings. The van der Waals surface area contributed by atoms with Crippen LogP contribution in [0.15, 0.2) is 42.5 Å². The number of esters is 1. The van der Waals surface area contributed by atoms with Crippen LogP contribution in [0.4, 0.5) is 0 Å². The van der Waals surface area contributed by atoms with Crippen LogP contribution < -0.4 is 5.32 Å². The maximum Gasteiger partial charge on any atom is 0.306 e. The molecule has 0 spiro atoms. The minimum absolute atomic E-state index is 0.165. The largest absolute Gasteiger partial charge is 0.459 e. The second kappa shape index (κ2) is 55.8. The highest BCUT2D eigenvalue weighted by atomic mass is 16.7. The lowest BCUT2D eigenvalue weighted by Crippen LogP contribution is -2.34. The number of allylic oxidation sites excluding steroid dienone is 2. The Morgan fingerprint density at radius 1 is 0.471 bits per heavy atom. The van der Waals surface area contributed by atoms with Crippen LogP contribution in [-0.4, -0.2) is 184 Å². The molecular formula is C52H95NO15. The topological polar surface area (TPSA) is 158 Å². The van der Waals surface area contributed by atoms with Crippen molar-refractivity contribution in [3.8, 4) is 0 Å². The Kier molecular flexibility index (Phi) is 52.4. The minimum atomic E-state index is -0.370.